The van der Waals surface area contributed by atoms with Crippen LogP contribution in [0.3, 0.4) is 0 Å². The lowest BCUT2D eigenvalue weighted by atomic mass is 10.3. The molecule has 1 aliphatic rings. The molecule has 0 radical (unpaired) electrons. The Morgan fingerprint density at radius 3 is 2.74 bits per heavy atom. The van der Waals surface area contributed by atoms with Crippen molar-refractivity contribution in [1.29, 1.82) is 0 Å². The lowest BCUT2D eigenvalue weighted by Crippen LogP contribution is -2.38. The third-order valence-electron chi connectivity index (χ3n) is 3.51. The molecule has 1 aliphatic heterocycles. The summed E-state index contributed by atoms with van der Waals surface area (Å²) in [7, 11) is 0. The van der Waals surface area contributed by atoms with Crippen molar-refractivity contribution < 1.29 is 9.47 Å². The Balaban J connectivity index is 1.47. The maximum Gasteiger partial charge on any atom is 0.246 e. The SMILES string of the molecule is c1ccc(-n2cnc(Nc3cccc(OC4COC4)c3)n2)cc1. The Kier molecular flexibility index (Phi) is 3.65. The molecule has 0 saturated carbocycles. The Labute approximate surface area is 133 Å². The van der Waals surface area contributed by atoms with Gasteiger partial charge in [-0.25, -0.2) is 4.68 Å². The zero-order chi connectivity index (χ0) is 15.5. The van der Waals surface area contributed by atoms with Crippen LogP contribution in [0.4, 0.5) is 11.6 Å². The maximum atomic E-state index is 5.79. The molecule has 1 fully saturated rings. The molecule has 0 aliphatic carbocycles. The fourth-order valence-electron chi connectivity index (χ4n) is 2.28. The zero-order valence-electron chi connectivity index (χ0n) is 12.4. The van der Waals surface area contributed by atoms with E-state index in [0.717, 1.165) is 17.1 Å². The molecule has 6 nitrogen and oxygen atoms in total. The van der Waals surface area contributed by atoms with Gasteiger partial charge < -0.3 is 14.8 Å². The molecule has 116 valence electrons. The molecule has 2 aromatic carbocycles. The number of anilines is 2. The van der Waals surface area contributed by atoms with E-state index in [-0.39, 0.29) is 6.10 Å². The van der Waals surface area contributed by atoms with E-state index in [2.05, 4.69) is 15.4 Å². The van der Waals surface area contributed by atoms with Gasteiger partial charge in [-0.3, -0.25) is 0 Å². The number of nitrogens with one attached hydrogen (secondary N) is 1. The summed E-state index contributed by atoms with van der Waals surface area (Å²) >= 11 is 0. The van der Waals surface area contributed by atoms with E-state index in [1.54, 1.807) is 11.0 Å². The fraction of sp³-hybridized carbons (Fsp3) is 0.176. The predicted molar refractivity (Wildman–Crippen MR) is 86.3 cm³/mol. The van der Waals surface area contributed by atoms with E-state index in [4.69, 9.17) is 9.47 Å². The number of benzene rings is 2. The number of nitrogens with zero attached hydrogens (tertiary/aromatic N) is 3. The second-order valence-corrected chi connectivity index (χ2v) is 5.28. The smallest absolute Gasteiger partial charge is 0.246 e. The standard InChI is InChI=1S/C17H16N4O2/c1-2-6-14(7-3-1)21-12-18-17(20-21)19-13-5-4-8-15(9-13)23-16-10-22-11-16/h1-9,12,16H,10-11H2,(H,19,20). The molecule has 3 aromatic rings. The highest BCUT2D eigenvalue weighted by molar-refractivity contribution is 5.55. The average Bonchev–Trinajstić information content (AvgIpc) is 3.01. The van der Waals surface area contributed by atoms with Gasteiger partial charge in [-0.2, -0.15) is 4.98 Å². The summed E-state index contributed by atoms with van der Waals surface area (Å²) < 4.78 is 12.6. The lowest BCUT2D eigenvalue weighted by Gasteiger charge is -2.26. The number of aromatic nitrogens is 3. The Morgan fingerprint density at radius 1 is 1.09 bits per heavy atom. The minimum Gasteiger partial charge on any atom is -0.486 e. The van der Waals surface area contributed by atoms with Gasteiger partial charge in [-0.15, -0.1) is 5.10 Å². The van der Waals surface area contributed by atoms with Crippen LogP contribution in [0.5, 0.6) is 5.75 Å². The van der Waals surface area contributed by atoms with Crippen molar-refractivity contribution in [2.75, 3.05) is 18.5 Å². The third kappa shape index (κ3) is 3.17. The molecule has 0 bridgehead atoms. The summed E-state index contributed by atoms with van der Waals surface area (Å²) in [5.74, 6) is 1.35. The Hall–Kier alpha value is -2.86. The molecular formula is C17H16N4O2. The molecule has 1 N–H and O–H groups in total. The average molecular weight is 308 g/mol. The number of hydrogen-bond acceptors (Lipinski definition) is 5. The normalized spacial score (nSPS) is 14.3. The van der Waals surface area contributed by atoms with E-state index in [9.17, 15) is 0 Å². The van der Waals surface area contributed by atoms with E-state index >= 15 is 0 Å². The van der Waals surface area contributed by atoms with Gasteiger partial charge >= 0.3 is 0 Å². The summed E-state index contributed by atoms with van der Waals surface area (Å²) in [6, 6.07) is 17.6. The van der Waals surface area contributed by atoms with Gasteiger partial charge in [-0.05, 0) is 24.3 Å². The predicted octanol–water partition coefficient (Wildman–Crippen LogP) is 2.79. The van der Waals surface area contributed by atoms with Gasteiger partial charge in [0, 0.05) is 11.8 Å². The molecule has 0 atom stereocenters. The Morgan fingerprint density at radius 2 is 1.96 bits per heavy atom. The van der Waals surface area contributed by atoms with Crippen molar-refractivity contribution >= 4 is 11.6 Å². The third-order valence-corrected chi connectivity index (χ3v) is 3.51. The second kappa shape index (κ2) is 6.10. The van der Waals surface area contributed by atoms with Crippen LogP contribution in [0.2, 0.25) is 0 Å². The van der Waals surface area contributed by atoms with Crippen molar-refractivity contribution in [3.8, 4) is 11.4 Å². The van der Waals surface area contributed by atoms with E-state index in [1.807, 2.05) is 54.6 Å². The van der Waals surface area contributed by atoms with Crippen molar-refractivity contribution in [3.05, 3.63) is 60.9 Å². The van der Waals surface area contributed by atoms with Gasteiger partial charge in [0.15, 0.2) is 0 Å². The van der Waals surface area contributed by atoms with Crippen LogP contribution < -0.4 is 10.1 Å². The number of hydrogen-bond donors (Lipinski definition) is 1. The van der Waals surface area contributed by atoms with Crippen molar-refractivity contribution in [2.45, 2.75) is 6.10 Å². The van der Waals surface area contributed by atoms with Gasteiger partial charge in [0.1, 0.15) is 18.2 Å². The Bertz CT molecular complexity index is 784. The summed E-state index contributed by atoms with van der Waals surface area (Å²) in [6.45, 7) is 1.31. The van der Waals surface area contributed by atoms with Gasteiger partial charge in [0.05, 0.1) is 18.9 Å². The number of ether oxygens (including phenoxy) is 2. The van der Waals surface area contributed by atoms with Gasteiger partial charge in [0.2, 0.25) is 5.95 Å². The van der Waals surface area contributed by atoms with Crippen molar-refractivity contribution in [3.63, 3.8) is 0 Å². The first-order chi connectivity index (χ1) is 11.4. The van der Waals surface area contributed by atoms with Gasteiger partial charge in [0.25, 0.3) is 0 Å². The highest BCUT2D eigenvalue weighted by Crippen LogP contribution is 2.22. The number of para-hydroxylation sites is 1. The van der Waals surface area contributed by atoms with Crippen LogP contribution in [-0.2, 0) is 4.74 Å². The first-order valence-electron chi connectivity index (χ1n) is 7.45. The van der Waals surface area contributed by atoms with Crippen LogP contribution in [0.1, 0.15) is 0 Å². The maximum absolute atomic E-state index is 5.79. The van der Waals surface area contributed by atoms with Crippen LogP contribution in [-0.4, -0.2) is 34.1 Å². The minimum absolute atomic E-state index is 0.153. The fourth-order valence-corrected chi connectivity index (χ4v) is 2.28. The van der Waals surface area contributed by atoms with Crippen LogP contribution >= 0.6 is 0 Å². The van der Waals surface area contributed by atoms with Crippen LogP contribution in [0.15, 0.2) is 60.9 Å². The van der Waals surface area contributed by atoms with Crippen molar-refractivity contribution in [2.24, 2.45) is 0 Å². The number of rotatable bonds is 5. The molecule has 1 aromatic heterocycles. The topological polar surface area (TPSA) is 61.2 Å². The zero-order valence-corrected chi connectivity index (χ0v) is 12.4. The highest BCUT2D eigenvalue weighted by Gasteiger charge is 2.20. The molecule has 0 amide bonds. The molecule has 4 rings (SSSR count). The first-order valence-corrected chi connectivity index (χ1v) is 7.45. The van der Waals surface area contributed by atoms with E-state index in [1.165, 1.54) is 0 Å². The van der Waals surface area contributed by atoms with E-state index in [0.29, 0.717) is 19.2 Å². The monoisotopic (exact) mass is 308 g/mol. The van der Waals surface area contributed by atoms with E-state index < -0.39 is 0 Å². The van der Waals surface area contributed by atoms with Crippen molar-refractivity contribution in [1.82, 2.24) is 14.8 Å². The first kappa shape index (κ1) is 13.8. The molecule has 2 heterocycles. The molecule has 0 spiro atoms. The summed E-state index contributed by atoms with van der Waals surface area (Å²) in [6.07, 6.45) is 1.84. The quantitative estimate of drug-likeness (QED) is 0.785. The summed E-state index contributed by atoms with van der Waals surface area (Å²) in [4.78, 5) is 4.29. The van der Waals surface area contributed by atoms with Crippen LogP contribution in [0.25, 0.3) is 5.69 Å². The van der Waals surface area contributed by atoms with Gasteiger partial charge in [-0.1, -0.05) is 24.3 Å². The minimum atomic E-state index is 0.153. The van der Waals surface area contributed by atoms with Crippen LogP contribution in [0, 0.1) is 0 Å². The summed E-state index contributed by atoms with van der Waals surface area (Å²) in [5.41, 5.74) is 1.85. The second-order valence-electron chi connectivity index (χ2n) is 5.28. The summed E-state index contributed by atoms with van der Waals surface area (Å²) in [5, 5.41) is 7.62. The molecular weight excluding hydrogens is 292 g/mol. The lowest BCUT2D eigenvalue weighted by molar-refractivity contribution is -0.0796. The molecule has 0 unspecified atom stereocenters. The highest BCUT2D eigenvalue weighted by atomic mass is 16.6. The molecule has 6 heteroatoms. The molecule has 1 saturated heterocycles. The molecule has 23 heavy (non-hydrogen) atoms. The largest absolute Gasteiger partial charge is 0.486 e.